The van der Waals surface area contributed by atoms with Crippen molar-refractivity contribution in [2.45, 2.75) is 52.4 Å². The summed E-state index contributed by atoms with van der Waals surface area (Å²) in [5.74, 6) is -0.933. The number of aromatic nitrogens is 3. The molecule has 0 saturated heterocycles. The number of nitro benzene ring substituents is 1. The Morgan fingerprint density at radius 1 is 1.08 bits per heavy atom. The van der Waals surface area contributed by atoms with Crippen LogP contribution in [0.2, 0.25) is 0 Å². The molecule has 0 aliphatic carbocycles. The van der Waals surface area contributed by atoms with Gasteiger partial charge < -0.3 is 28.8 Å². The summed E-state index contributed by atoms with van der Waals surface area (Å²) in [5.41, 5.74) is -1.75. The molecule has 0 fully saturated rings. The molecule has 0 aliphatic heterocycles. The Morgan fingerprint density at radius 3 is 2.35 bits per heavy atom. The van der Waals surface area contributed by atoms with Gasteiger partial charge in [-0.25, -0.2) is 9.59 Å². The number of carbonyl (C=O) groups is 3. The van der Waals surface area contributed by atoms with Crippen molar-refractivity contribution >= 4 is 23.8 Å². The molecule has 37 heavy (non-hydrogen) atoms. The monoisotopic (exact) mass is 524 g/mol. The lowest BCUT2D eigenvalue weighted by molar-refractivity contribution is -0.385. The second-order valence-electron chi connectivity index (χ2n) is 7.58. The summed E-state index contributed by atoms with van der Waals surface area (Å²) >= 11 is 0. The van der Waals surface area contributed by atoms with E-state index in [0.29, 0.717) is 6.42 Å². The largest absolute Gasteiger partial charge is 0.510 e. The molecule has 1 atom stereocenters. The summed E-state index contributed by atoms with van der Waals surface area (Å²) in [4.78, 5) is 47.9. The molecule has 202 valence electrons. The normalized spacial score (nSPS) is 11.4. The van der Waals surface area contributed by atoms with Gasteiger partial charge in [-0.15, -0.1) is 9.90 Å². The Hall–Kier alpha value is -4.43. The summed E-state index contributed by atoms with van der Waals surface area (Å²) in [5, 5.41) is 28.6. The number of unbranched alkanes of at least 4 members (excludes halogenated alkanes) is 3. The van der Waals surface area contributed by atoms with E-state index in [9.17, 15) is 24.5 Å². The highest BCUT2D eigenvalue weighted by Crippen LogP contribution is 2.36. The lowest BCUT2D eigenvalue weighted by atomic mass is 10.0. The predicted molar refractivity (Wildman–Crippen MR) is 124 cm³/mol. The maximum Gasteiger partial charge on any atom is 0.510 e. The molecule has 1 aromatic heterocycles. The van der Waals surface area contributed by atoms with E-state index in [1.54, 1.807) is 0 Å². The van der Waals surface area contributed by atoms with Crippen LogP contribution in [-0.2, 0) is 20.9 Å². The number of hydrogen-bond donors (Lipinski definition) is 1. The molecular formula is C22H28N4O11. The van der Waals surface area contributed by atoms with Crippen LogP contribution in [0.5, 0.6) is 11.5 Å². The fourth-order valence-electron chi connectivity index (χ4n) is 3.23. The standard InChI is InChI=1S/C22H28N4O11/c1-5-6-7-8-9-35-22(30)36-12-25-23-18(13(2)37-21(28)29)19(24-25)20(27)14-10-16(33-3)17(34-4)11-15(14)26(31)32/h10-11,13H,5-9,12H2,1-4H3,(H,28,29). The molecule has 0 radical (unpaired) electrons. The Morgan fingerprint density at radius 2 is 1.76 bits per heavy atom. The highest BCUT2D eigenvalue weighted by atomic mass is 16.7. The second kappa shape index (κ2) is 13.6. The first kappa shape index (κ1) is 28.8. The molecular weight excluding hydrogens is 496 g/mol. The van der Waals surface area contributed by atoms with E-state index in [0.717, 1.165) is 36.2 Å². The van der Waals surface area contributed by atoms with Crippen LogP contribution in [0.25, 0.3) is 0 Å². The van der Waals surface area contributed by atoms with E-state index in [1.807, 2.05) is 6.92 Å². The number of ether oxygens (including phenoxy) is 5. The number of carboxylic acid groups (broad SMARTS) is 1. The molecule has 0 saturated carbocycles. The maximum absolute atomic E-state index is 13.4. The van der Waals surface area contributed by atoms with Gasteiger partial charge in [-0.05, 0) is 13.3 Å². The first-order chi connectivity index (χ1) is 17.6. The molecule has 15 nitrogen and oxygen atoms in total. The number of rotatable bonds is 14. The van der Waals surface area contributed by atoms with E-state index < -0.39 is 52.8 Å². The van der Waals surface area contributed by atoms with Crippen molar-refractivity contribution in [3.05, 3.63) is 39.2 Å². The van der Waals surface area contributed by atoms with Crippen LogP contribution in [0.4, 0.5) is 15.3 Å². The van der Waals surface area contributed by atoms with Crippen molar-refractivity contribution in [2.75, 3.05) is 20.8 Å². The van der Waals surface area contributed by atoms with Crippen molar-refractivity contribution in [1.82, 2.24) is 15.0 Å². The van der Waals surface area contributed by atoms with Crippen molar-refractivity contribution < 1.29 is 48.1 Å². The average Bonchev–Trinajstić information content (AvgIpc) is 3.30. The SMILES string of the molecule is CCCCCCOC(=O)OCn1nc(C(=O)c2cc(OC)c(OC)cc2[N+](=O)[O-])c(C(C)OC(=O)O)n1. The highest BCUT2D eigenvalue weighted by molar-refractivity contribution is 6.11. The van der Waals surface area contributed by atoms with Crippen LogP contribution >= 0.6 is 0 Å². The first-order valence-electron chi connectivity index (χ1n) is 11.2. The minimum absolute atomic E-state index is 0.0128. The molecule has 1 unspecified atom stereocenters. The highest BCUT2D eigenvalue weighted by Gasteiger charge is 2.32. The van der Waals surface area contributed by atoms with Crippen molar-refractivity contribution in [1.29, 1.82) is 0 Å². The van der Waals surface area contributed by atoms with Gasteiger partial charge in [-0.2, -0.15) is 5.10 Å². The van der Waals surface area contributed by atoms with Crippen LogP contribution in [0.15, 0.2) is 12.1 Å². The van der Waals surface area contributed by atoms with Crippen LogP contribution in [0.3, 0.4) is 0 Å². The minimum Gasteiger partial charge on any atom is -0.493 e. The van der Waals surface area contributed by atoms with Crippen molar-refractivity contribution in [3.63, 3.8) is 0 Å². The van der Waals surface area contributed by atoms with E-state index in [2.05, 4.69) is 14.9 Å². The van der Waals surface area contributed by atoms with Crippen LogP contribution in [0.1, 0.15) is 67.4 Å². The average molecular weight is 524 g/mol. The fourth-order valence-corrected chi connectivity index (χ4v) is 3.23. The molecule has 0 bridgehead atoms. The van der Waals surface area contributed by atoms with E-state index >= 15 is 0 Å². The maximum atomic E-state index is 13.4. The summed E-state index contributed by atoms with van der Waals surface area (Å²) in [6.45, 7) is 2.91. The lowest BCUT2D eigenvalue weighted by Crippen LogP contribution is -2.14. The van der Waals surface area contributed by atoms with Gasteiger partial charge in [0.15, 0.2) is 17.2 Å². The second-order valence-corrected chi connectivity index (χ2v) is 7.58. The third-order valence-electron chi connectivity index (χ3n) is 5.02. The summed E-state index contributed by atoms with van der Waals surface area (Å²) < 4.78 is 24.8. The zero-order valence-electron chi connectivity index (χ0n) is 20.8. The van der Waals surface area contributed by atoms with E-state index in [4.69, 9.17) is 24.1 Å². The molecule has 0 amide bonds. The molecule has 0 spiro atoms. The molecule has 1 N–H and O–H groups in total. The number of carbonyl (C=O) groups excluding carboxylic acids is 2. The molecule has 2 aromatic rings. The molecule has 1 heterocycles. The predicted octanol–water partition coefficient (Wildman–Crippen LogP) is 3.88. The van der Waals surface area contributed by atoms with Crippen LogP contribution in [-0.4, -0.2) is 63.9 Å². The summed E-state index contributed by atoms with van der Waals surface area (Å²) in [7, 11) is 2.55. The Labute approximate surface area is 211 Å². The van der Waals surface area contributed by atoms with E-state index in [1.165, 1.54) is 21.1 Å². The van der Waals surface area contributed by atoms with Gasteiger partial charge in [0.25, 0.3) is 5.69 Å². The minimum atomic E-state index is -1.65. The molecule has 1 aromatic carbocycles. The van der Waals surface area contributed by atoms with E-state index in [-0.39, 0.29) is 23.8 Å². The lowest BCUT2D eigenvalue weighted by Gasteiger charge is -2.11. The molecule has 0 aliphatic rings. The third kappa shape index (κ3) is 7.78. The van der Waals surface area contributed by atoms with Gasteiger partial charge in [-0.3, -0.25) is 14.9 Å². The van der Waals surface area contributed by atoms with Crippen LogP contribution in [0, 0.1) is 10.1 Å². The Bertz CT molecular complexity index is 1130. The molecule has 2 rings (SSSR count). The van der Waals surface area contributed by atoms with Crippen molar-refractivity contribution in [2.24, 2.45) is 0 Å². The van der Waals surface area contributed by atoms with Gasteiger partial charge in [0.05, 0.1) is 31.8 Å². The zero-order chi connectivity index (χ0) is 27.5. The number of hydrogen-bond acceptors (Lipinski definition) is 12. The summed E-state index contributed by atoms with van der Waals surface area (Å²) in [6, 6.07) is 2.10. The molecule has 15 heteroatoms. The number of benzene rings is 1. The number of ketones is 1. The first-order valence-corrected chi connectivity index (χ1v) is 11.2. The smallest absolute Gasteiger partial charge is 0.493 e. The quantitative estimate of drug-likeness (QED) is 0.123. The number of methoxy groups -OCH3 is 2. The van der Waals surface area contributed by atoms with Gasteiger partial charge in [0.1, 0.15) is 17.4 Å². The van der Waals surface area contributed by atoms with Crippen molar-refractivity contribution in [3.8, 4) is 11.5 Å². The van der Waals surface area contributed by atoms with Gasteiger partial charge in [0, 0.05) is 6.07 Å². The zero-order valence-corrected chi connectivity index (χ0v) is 20.8. The number of nitro groups is 1. The Balaban J connectivity index is 2.36. The number of nitrogens with zero attached hydrogens (tertiary/aromatic N) is 4. The Kier molecular flexibility index (Phi) is 10.6. The van der Waals surface area contributed by atoms with Gasteiger partial charge in [-0.1, -0.05) is 26.2 Å². The van der Waals surface area contributed by atoms with Gasteiger partial charge >= 0.3 is 12.3 Å². The van der Waals surface area contributed by atoms with Crippen LogP contribution < -0.4 is 9.47 Å². The fraction of sp³-hybridized carbons (Fsp3) is 0.500. The third-order valence-corrected chi connectivity index (χ3v) is 5.02. The summed E-state index contributed by atoms with van der Waals surface area (Å²) in [6.07, 6.45) is -0.355. The topological polar surface area (TPSA) is 191 Å². The van der Waals surface area contributed by atoms with Gasteiger partial charge in [0.2, 0.25) is 12.5 Å².